The van der Waals surface area contributed by atoms with Crippen LogP contribution in [0.3, 0.4) is 0 Å². The van der Waals surface area contributed by atoms with Crippen molar-refractivity contribution in [1.82, 2.24) is 4.98 Å². The summed E-state index contributed by atoms with van der Waals surface area (Å²) in [6.07, 6.45) is 0. The first-order valence-corrected chi connectivity index (χ1v) is 9.34. The van der Waals surface area contributed by atoms with Crippen molar-refractivity contribution in [3.05, 3.63) is 69.5 Å². The normalized spacial score (nSPS) is 11.5. The lowest BCUT2D eigenvalue weighted by Crippen LogP contribution is -2.01. The monoisotopic (exact) mass is 422 g/mol. The number of para-hydroxylation sites is 1. The van der Waals surface area contributed by atoms with Crippen molar-refractivity contribution in [3.63, 3.8) is 0 Å². The zero-order chi connectivity index (χ0) is 17.9. The van der Waals surface area contributed by atoms with Crippen LogP contribution in [0.25, 0.3) is 22.4 Å². The molecule has 0 radical (unpaired) electrons. The fraction of sp³-hybridized carbons (Fsp3) is 0. The molecule has 2 aromatic carbocycles. The van der Waals surface area contributed by atoms with Crippen LogP contribution in [0, 0.1) is 11.3 Å². The van der Waals surface area contributed by atoms with Crippen molar-refractivity contribution in [2.75, 3.05) is 5.43 Å². The molecule has 5 nitrogen and oxygen atoms in total. The van der Waals surface area contributed by atoms with E-state index in [1.54, 1.807) is 0 Å². The molecule has 0 saturated heterocycles. The van der Waals surface area contributed by atoms with Gasteiger partial charge in [0.2, 0.25) is 0 Å². The topological polar surface area (TPSA) is 74.2 Å². The van der Waals surface area contributed by atoms with E-state index in [4.69, 9.17) is 4.42 Å². The third kappa shape index (κ3) is 3.38. The number of furan rings is 1. The predicted octanol–water partition coefficient (Wildman–Crippen LogP) is 5.66. The lowest BCUT2D eigenvalue weighted by atomic mass is 10.2. The molecule has 0 aliphatic rings. The summed E-state index contributed by atoms with van der Waals surface area (Å²) in [4.78, 5) is 4.50. The minimum atomic E-state index is 0.226. The molecule has 2 heterocycles. The molecule has 0 amide bonds. The van der Waals surface area contributed by atoms with Gasteiger partial charge in [-0.2, -0.15) is 10.4 Å². The Morgan fingerprint density at radius 2 is 2.04 bits per heavy atom. The van der Waals surface area contributed by atoms with Crippen LogP contribution in [0.1, 0.15) is 5.01 Å². The minimum absolute atomic E-state index is 0.226. The number of hydrazone groups is 1. The highest BCUT2D eigenvalue weighted by Gasteiger charge is 2.14. The number of aromatic nitrogens is 1. The smallest absolute Gasteiger partial charge is 0.196 e. The van der Waals surface area contributed by atoms with Crippen LogP contribution in [0.5, 0.6) is 0 Å². The van der Waals surface area contributed by atoms with E-state index in [0.29, 0.717) is 16.5 Å². The number of nitrogens with one attached hydrogen (secondary N) is 1. The van der Waals surface area contributed by atoms with Gasteiger partial charge in [-0.15, -0.1) is 11.3 Å². The fourth-order valence-electron chi connectivity index (χ4n) is 2.39. The van der Waals surface area contributed by atoms with E-state index in [1.165, 1.54) is 11.3 Å². The average Bonchev–Trinajstić information content (AvgIpc) is 3.30. The number of nitriles is 1. The van der Waals surface area contributed by atoms with E-state index in [0.717, 1.165) is 21.1 Å². The largest absolute Gasteiger partial charge is 0.454 e. The number of thiazole rings is 1. The zero-order valence-electron chi connectivity index (χ0n) is 13.3. The number of halogens is 1. The van der Waals surface area contributed by atoms with E-state index in [2.05, 4.69) is 37.5 Å². The zero-order valence-corrected chi connectivity index (χ0v) is 15.7. The summed E-state index contributed by atoms with van der Waals surface area (Å²) in [6.45, 7) is 0. The van der Waals surface area contributed by atoms with Gasteiger partial charge in [0.15, 0.2) is 16.5 Å². The molecule has 126 valence electrons. The summed E-state index contributed by atoms with van der Waals surface area (Å²) in [5, 5.41) is 16.9. The molecule has 7 heteroatoms. The van der Waals surface area contributed by atoms with Crippen LogP contribution in [0.2, 0.25) is 0 Å². The minimum Gasteiger partial charge on any atom is -0.454 e. The Hall–Kier alpha value is -2.95. The van der Waals surface area contributed by atoms with Gasteiger partial charge >= 0.3 is 0 Å². The Morgan fingerprint density at radius 1 is 1.19 bits per heavy atom. The van der Waals surface area contributed by atoms with Crippen LogP contribution in [-0.2, 0) is 0 Å². The van der Waals surface area contributed by atoms with Crippen LogP contribution in [0.4, 0.5) is 5.69 Å². The quantitative estimate of drug-likeness (QED) is 0.340. The predicted molar refractivity (Wildman–Crippen MR) is 107 cm³/mol. The van der Waals surface area contributed by atoms with Crippen molar-refractivity contribution in [1.29, 1.82) is 5.26 Å². The molecule has 0 saturated carbocycles. The van der Waals surface area contributed by atoms with E-state index in [1.807, 2.05) is 60.0 Å². The van der Waals surface area contributed by atoms with Gasteiger partial charge in [0.25, 0.3) is 0 Å². The number of hydrogen-bond acceptors (Lipinski definition) is 6. The lowest BCUT2D eigenvalue weighted by molar-refractivity contribution is 0.629. The molecule has 0 bridgehead atoms. The summed E-state index contributed by atoms with van der Waals surface area (Å²) < 4.78 is 6.84. The van der Waals surface area contributed by atoms with Crippen molar-refractivity contribution in [2.24, 2.45) is 5.10 Å². The molecular weight excluding hydrogens is 412 g/mol. The fourth-order valence-corrected chi connectivity index (χ4v) is 3.51. The standard InChI is InChI=1S/C19H11BrN4OS/c20-13-6-7-17-12(8-13)9-18(25-17)16-11-26-19(22-16)15(10-21)24-23-14-4-2-1-3-5-14/h1-9,11,23H/b24-15-. The SMILES string of the molecule is N#C/C(=N/Nc1ccccc1)c1nc(-c2cc3cc(Br)ccc3o2)cs1. The number of nitrogens with zero attached hydrogens (tertiary/aromatic N) is 3. The number of hydrogen-bond donors (Lipinski definition) is 1. The van der Waals surface area contributed by atoms with Crippen LogP contribution in [-0.4, -0.2) is 10.7 Å². The summed E-state index contributed by atoms with van der Waals surface area (Å²) in [5.41, 5.74) is 5.38. The first-order valence-electron chi connectivity index (χ1n) is 7.67. The van der Waals surface area contributed by atoms with Crippen molar-refractivity contribution in [3.8, 4) is 17.5 Å². The Kier molecular flexibility index (Phi) is 4.52. The molecule has 0 atom stereocenters. The molecule has 0 aliphatic carbocycles. The molecule has 0 aliphatic heterocycles. The maximum Gasteiger partial charge on any atom is 0.196 e. The number of benzene rings is 2. The Labute approximate surface area is 161 Å². The molecule has 0 spiro atoms. The lowest BCUT2D eigenvalue weighted by Gasteiger charge is -1.99. The van der Waals surface area contributed by atoms with Gasteiger partial charge < -0.3 is 4.42 Å². The third-order valence-corrected chi connectivity index (χ3v) is 4.96. The molecule has 4 aromatic rings. The van der Waals surface area contributed by atoms with Gasteiger partial charge in [0, 0.05) is 15.2 Å². The van der Waals surface area contributed by atoms with Crippen LogP contribution < -0.4 is 5.43 Å². The molecule has 1 N–H and O–H groups in total. The number of fused-ring (bicyclic) bond motifs is 1. The Balaban J connectivity index is 1.62. The maximum atomic E-state index is 9.40. The summed E-state index contributed by atoms with van der Waals surface area (Å²) in [5.74, 6) is 0.661. The molecule has 26 heavy (non-hydrogen) atoms. The van der Waals surface area contributed by atoms with Gasteiger partial charge in [-0.1, -0.05) is 34.1 Å². The average molecular weight is 423 g/mol. The van der Waals surface area contributed by atoms with Crippen LogP contribution in [0.15, 0.2) is 74.0 Å². The van der Waals surface area contributed by atoms with Gasteiger partial charge in [0.1, 0.15) is 17.3 Å². The Morgan fingerprint density at radius 3 is 2.85 bits per heavy atom. The molecule has 4 rings (SSSR count). The second kappa shape index (κ2) is 7.12. The van der Waals surface area contributed by atoms with Crippen molar-refractivity contribution < 1.29 is 4.42 Å². The summed E-state index contributed by atoms with van der Waals surface area (Å²) >= 11 is 4.80. The van der Waals surface area contributed by atoms with E-state index in [-0.39, 0.29) is 5.71 Å². The van der Waals surface area contributed by atoms with Crippen LogP contribution >= 0.6 is 27.3 Å². The van der Waals surface area contributed by atoms with E-state index >= 15 is 0 Å². The molecule has 2 aromatic heterocycles. The molecule has 0 unspecified atom stereocenters. The highest BCUT2D eigenvalue weighted by Crippen LogP contribution is 2.30. The van der Waals surface area contributed by atoms with Crippen molar-refractivity contribution >= 4 is 49.6 Å². The first kappa shape index (κ1) is 16.5. The first-order chi connectivity index (χ1) is 12.7. The van der Waals surface area contributed by atoms with Gasteiger partial charge in [-0.05, 0) is 36.4 Å². The highest BCUT2D eigenvalue weighted by atomic mass is 79.9. The molecular formula is C19H11BrN4OS. The summed E-state index contributed by atoms with van der Waals surface area (Å²) in [6, 6.07) is 19.3. The summed E-state index contributed by atoms with van der Waals surface area (Å²) in [7, 11) is 0. The van der Waals surface area contributed by atoms with Gasteiger partial charge in [-0.3, -0.25) is 5.43 Å². The second-order valence-corrected chi connectivity index (χ2v) is 7.15. The number of anilines is 1. The molecule has 0 fully saturated rings. The highest BCUT2D eigenvalue weighted by molar-refractivity contribution is 9.10. The second-order valence-electron chi connectivity index (χ2n) is 5.38. The van der Waals surface area contributed by atoms with Crippen molar-refractivity contribution in [2.45, 2.75) is 0 Å². The van der Waals surface area contributed by atoms with E-state index in [9.17, 15) is 5.26 Å². The van der Waals surface area contributed by atoms with E-state index < -0.39 is 0 Å². The number of rotatable bonds is 4. The maximum absolute atomic E-state index is 9.40. The Bertz CT molecular complexity index is 1140. The van der Waals surface area contributed by atoms with Gasteiger partial charge in [0.05, 0.1) is 5.69 Å². The third-order valence-electron chi connectivity index (χ3n) is 3.61. The van der Waals surface area contributed by atoms with Gasteiger partial charge in [-0.25, -0.2) is 4.98 Å².